The van der Waals surface area contributed by atoms with E-state index in [1.165, 1.54) is 4.68 Å². The molecule has 1 aliphatic rings. The first-order valence-corrected chi connectivity index (χ1v) is 7.28. The summed E-state index contributed by atoms with van der Waals surface area (Å²) in [5, 5.41) is 4.10. The van der Waals surface area contributed by atoms with Crippen molar-refractivity contribution in [1.82, 2.24) is 24.7 Å². The summed E-state index contributed by atoms with van der Waals surface area (Å²) in [6, 6.07) is 5.22. The van der Waals surface area contributed by atoms with Crippen molar-refractivity contribution in [2.75, 3.05) is 18.0 Å². The maximum atomic E-state index is 11.7. The maximum Gasteiger partial charge on any atom is 0.266 e. The van der Waals surface area contributed by atoms with Gasteiger partial charge in [0.05, 0.1) is 12.1 Å². The van der Waals surface area contributed by atoms with E-state index in [1.54, 1.807) is 24.7 Å². The highest BCUT2D eigenvalue weighted by Gasteiger charge is 2.30. The van der Waals surface area contributed by atoms with E-state index in [1.807, 2.05) is 13.0 Å². The molecule has 4 rings (SSSR count). The van der Waals surface area contributed by atoms with Crippen LogP contribution >= 0.6 is 0 Å². The first-order valence-electron chi connectivity index (χ1n) is 7.28. The summed E-state index contributed by atoms with van der Waals surface area (Å²) < 4.78 is 1.52. The minimum atomic E-state index is -0.0506. The molecule has 0 unspecified atom stereocenters. The molecule has 112 valence electrons. The molecule has 7 nitrogen and oxygen atoms in total. The summed E-state index contributed by atoms with van der Waals surface area (Å²) in [5.41, 5.74) is 2.94. The van der Waals surface area contributed by atoms with Gasteiger partial charge in [-0.3, -0.25) is 4.79 Å². The van der Waals surface area contributed by atoms with Crippen LogP contribution in [0.2, 0.25) is 0 Å². The molecule has 22 heavy (non-hydrogen) atoms. The lowest BCUT2D eigenvalue weighted by Gasteiger charge is -2.40. The molecule has 0 spiro atoms. The fourth-order valence-corrected chi connectivity index (χ4v) is 2.92. The van der Waals surface area contributed by atoms with Gasteiger partial charge in [-0.05, 0) is 19.1 Å². The van der Waals surface area contributed by atoms with Gasteiger partial charge in [0.15, 0.2) is 5.82 Å². The van der Waals surface area contributed by atoms with Gasteiger partial charge in [0, 0.05) is 37.0 Å². The van der Waals surface area contributed by atoms with Crippen LogP contribution in [0, 0.1) is 12.8 Å². The van der Waals surface area contributed by atoms with Crippen LogP contribution < -0.4 is 10.5 Å². The lowest BCUT2D eigenvalue weighted by atomic mass is 10.0. The lowest BCUT2D eigenvalue weighted by Crippen LogP contribution is -2.50. The van der Waals surface area contributed by atoms with E-state index >= 15 is 0 Å². The minimum absolute atomic E-state index is 0.0506. The Bertz CT molecular complexity index is 877. The number of aromatic nitrogens is 5. The SMILES string of the molecule is Cc1cc2ncnc(N3CC(Cn4ncccc4=O)C3)c2[nH]1. The Morgan fingerprint density at radius 2 is 2.23 bits per heavy atom. The van der Waals surface area contributed by atoms with Crippen LogP contribution in [0.3, 0.4) is 0 Å². The van der Waals surface area contributed by atoms with Gasteiger partial charge >= 0.3 is 0 Å². The van der Waals surface area contributed by atoms with E-state index in [-0.39, 0.29) is 5.56 Å². The van der Waals surface area contributed by atoms with Crippen molar-refractivity contribution in [3.63, 3.8) is 0 Å². The van der Waals surface area contributed by atoms with Crippen LogP contribution in [0.1, 0.15) is 5.69 Å². The monoisotopic (exact) mass is 296 g/mol. The third-order valence-electron chi connectivity index (χ3n) is 4.01. The molecule has 1 aliphatic heterocycles. The van der Waals surface area contributed by atoms with Crippen LogP contribution in [0.4, 0.5) is 5.82 Å². The molecule has 0 amide bonds. The van der Waals surface area contributed by atoms with Crippen LogP contribution in [0.5, 0.6) is 0 Å². The lowest BCUT2D eigenvalue weighted by molar-refractivity contribution is 0.333. The first kappa shape index (κ1) is 13.0. The van der Waals surface area contributed by atoms with Crippen molar-refractivity contribution >= 4 is 16.9 Å². The van der Waals surface area contributed by atoms with E-state index in [2.05, 4.69) is 25.0 Å². The van der Waals surface area contributed by atoms with Gasteiger partial charge in [-0.2, -0.15) is 5.10 Å². The van der Waals surface area contributed by atoms with Crippen molar-refractivity contribution in [3.05, 3.63) is 46.8 Å². The number of nitrogens with zero attached hydrogens (tertiary/aromatic N) is 5. The van der Waals surface area contributed by atoms with E-state index < -0.39 is 0 Å². The summed E-state index contributed by atoms with van der Waals surface area (Å²) in [6.45, 7) is 4.40. The van der Waals surface area contributed by atoms with Gasteiger partial charge in [0.1, 0.15) is 11.8 Å². The number of nitrogens with one attached hydrogen (secondary N) is 1. The fraction of sp³-hybridized carbons (Fsp3) is 0.333. The topological polar surface area (TPSA) is 79.7 Å². The molecular weight excluding hydrogens is 280 g/mol. The number of aromatic amines is 1. The number of anilines is 1. The van der Waals surface area contributed by atoms with Gasteiger partial charge in [0.25, 0.3) is 5.56 Å². The van der Waals surface area contributed by atoms with Gasteiger partial charge in [-0.25, -0.2) is 14.6 Å². The van der Waals surface area contributed by atoms with Crippen LogP contribution in [-0.4, -0.2) is 37.8 Å². The Morgan fingerprint density at radius 3 is 3.05 bits per heavy atom. The first-order chi connectivity index (χ1) is 10.7. The molecule has 0 aromatic carbocycles. The summed E-state index contributed by atoms with van der Waals surface area (Å²) in [5.74, 6) is 1.34. The summed E-state index contributed by atoms with van der Waals surface area (Å²) >= 11 is 0. The van der Waals surface area contributed by atoms with E-state index in [0.29, 0.717) is 12.5 Å². The van der Waals surface area contributed by atoms with Crippen molar-refractivity contribution in [1.29, 1.82) is 0 Å². The number of hydrogen-bond acceptors (Lipinski definition) is 5. The highest BCUT2D eigenvalue weighted by Crippen LogP contribution is 2.28. The molecule has 3 aromatic heterocycles. The van der Waals surface area contributed by atoms with Crippen molar-refractivity contribution < 1.29 is 0 Å². The number of H-pyrrole nitrogens is 1. The molecule has 1 N–H and O–H groups in total. The number of aryl methyl sites for hydroxylation is 1. The molecule has 7 heteroatoms. The molecule has 0 bridgehead atoms. The molecule has 3 aromatic rings. The molecule has 1 saturated heterocycles. The molecule has 0 atom stereocenters. The van der Waals surface area contributed by atoms with Crippen molar-refractivity contribution in [3.8, 4) is 0 Å². The number of rotatable bonds is 3. The average molecular weight is 296 g/mol. The maximum absolute atomic E-state index is 11.7. The van der Waals surface area contributed by atoms with E-state index in [4.69, 9.17) is 0 Å². The molecular formula is C15H16N6O. The van der Waals surface area contributed by atoms with Crippen molar-refractivity contribution in [2.45, 2.75) is 13.5 Å². The predicted octanol–water partition coefficient (Wildman–Crippen LogP) is 0.959. The standard InChI is InChI=1S/C15H16N6O/c1-10-5-12-14(19-10)15(17-9-16-12)20-6-11(7-20)8-21-13(22)3-2-4-18-21/h2-5,9,11,19H,6-8H2,1H3. The number of hydrogen-bond donors (Lipinski definition) is 1. The zero-order valence-electron chi connectivity index (χ0n) is 12.2. The Labute approximate surface area is 126 Å². The van der Waals surface area contributed by atoms with E-state index in [0.717, 1.165) is 35.6 Å². The van der Waals surface area contributed by atoms with Gasteiger partial charge < -0.3 is 9.88 Å². The molecule has 0 saturated carbocycles. The molecule has 0 radical (unpaired) electrons. The summed E-state index contributed by atoms with van der Waals surface area (Å²) in [7, 11) is 0. The highest BCUT2D eigenvalue weighted by molar-refractivity contribution is 5.87. The highest BCUT2D eigenvalue weighted by atomic mass is 16.1. The van der Waals surface area contributed by atoms with Gasteiger partial charge in [-0.1, -0.05) is 0 Å². The zero-order chi connectivity index (χ0) is 15.1. The third kappa shape index (κ3) is 2.14. The molecule has 4 heterocycles. The predicted molar refractivity (Wildman–Crippen MR) is 82.8 cm³/mol. The second-order valence-corrected chi connectivity index (χ2v) is 5.72. The molecule has 0 aliphatic carbocycles. The smallest absolute Gasteiger partial charge is 0.266 e. The Kier molecular flexibility index (Phi) is 2.92. The van der Waals surface area contributed by atoms with Crippen molar-refractivity contribution in [2.24, 2.45) is 5.92 Å². The van der Waals surface area contributed by atoms with Gasteiger partial charge in [0.2, 0.25) is 0 Å². The number of fused-ring (bicyclic) bond motifs is 1. The normalized spacial score (nSPS) is 15.2. The summed E-state index contributed by atoms with van der Waals surface area (Å²) in [6.07, 6.45) is 3.25. The van der Waals surface area contributed by atoms with Crippen LogP contribution in [-0.2, 0) is 6.54 Å². The largest absolute Gasteiger partial charge is 0.354 e. The van der Waals surface area contributed by atoms with Gasteiger partial charge in [-0.15, -0.1) is 0 Å². The minimum Gasteiger partial charge on any atom is -0.354 e. The van der Waals surface area contributed by atoms with E-state index in [9.17, 15) is 4.79 Å². The zero-order valence-corrected chi connectivity index (χ0v) is 12.2. The summed E-state index contributed by atoms with van der Waals surface area (Å²) in [4.78, 5) is 25.9. The molecule has 1 fully saturated rings. The second-order valence-electron chi connectivity index (χ2n) is 5.72. The Hall–Kier alpha value is -2.70. The quantitative estimate of drug-likeness (QED) is 0.778. The third-order valence-corrected chi connectivity index (χ3v) is 4.01. The average Bonchev–Trinajstić information content (AvgIpc) is 2.84. The fourth-order valence-electron chi connectivity index (χ4n) is 2.92. The van der Waals surface area contributed by atoms with Crippen LogP contribution in [0.15, 0.2) is 35.5 Å². The Morgan fingerprint density at radius 1 is 1.36 bits per heavy atom. The van der Waals surface area contributed by atoms with Crippen LogP contribution in [0.25, 0.3) is 11.0 Å². The second kappa shape index (κ2) is 4.94. The Balaban J connectivity index is 1.51.